The highest BCUT2D eigenvalue weighted by atomic mass is 31.2. The van der Waals surface area contributed by atoms with Gasteiger partial charge in [0.15, 0.2) is 6.10 Å². The predicted octanol–water partition coefficient (Wildman–Crippen LogP) is 27.5. The van der Waals surface area contributed by atoms with Crippen molar-refractivity contribution in [3.63, 3.8) is 0 Å². The number of unbranched alkanes of at least 4 members (excludes halogenated alkanes) is 48. The van der Waals surface area contributed by atoms with Crippen molar-refractivity contribution in [3.8, 4) is 0 Å². The Balaban J connectivity index is 3.92. The van der Waals surface area contributed by atoms with Crippen LogP contribution in [-0.2, 0) is 32.7 Å². The molecule has 2 atom stereocenters. The van der Waals surface area contributed by atoms with E-state index >= 15 is 0 Å². The Hall–Kier alpha value is -3.07. The van der Waals surface area contributed by atoms with E-state index in [-0.39, 0.29) is 32.0 Å². The van der Waals surface area contributed by atoms with Crippen LogP contribution in [0.25, 0.3) is 0 Å². The molecule has 0 aliphatic rings. The van der Waals surface area contributed by atoms with E-state index in [9.17, 15) is 19.0 Å². The molecule has 0 spiro atoms. The first-order valence-corrected chi connectivity index (χ1v) is 43.4. The third kappa shape index (κ3) is 81.9. The summed E-state index contributed by atoms with van der Waals surface area (Å²) >= 11 is 0. The number of carbonyl (C=O) groups excluding carboxylic acids is 2. The summed E-state index contributed by atoms with van der Waals surface area (Å²) < 4.78 is 34.5. The number of ether oxygens (including phenoxy) is 2. The van der Waals surface area contributed by atoms with Crippen LogP contribution in [-0.4, -0.2) is 70.0 Å². The summed E-state index contributed by atoms with van der Waals surface area (Å²) in [6.45, 7) is 4.19. The molecule has 0 saturated carbocycles. The van der Waals surface area contributed by atoms with Crippen LogP contribution in [0.1, 0.15) is 399 Å². The molecular weight excluding hydrogens is 1230 g/mol. The van der Waals surface area contributed by atoms with Crippen LogP contribution in [0.4, 0.5) is 0 Å². The van der Waals surface area contributed by atoms with Gasteiger partial charge in [0, 0.05) is 12.8 Å². The molecule has 0 aromatic carbocycles. The van der Waals surface area contributed by atoms with E-state index in [2.05, 4.69) is 111 Å². The second-order valence-corrected chi connectivity index (χ2v) is 30.9. The molecule has 0 radical (unpaired) electrons. The molecule has 0 aromatic heterocycles. The van der Waals surface area contributed by atoms with Crippen molar-refractivity contribution in [3.05, 3.63) is 97.2 Å². The van der Waals surface area contributed by atoms with Gasteiger partial charge >= 0.3 is 11.9 Å². The van der Waals surface area contributed by atoms with Crippen LogP contribution in [0, 0.1) is 0 Å². The summed E-state index contributed by atoms with van der Waals surface area (Å²) in [6, 6.07) is 0. The Labute approximate surface area is 608 Å². The largest absolute Gasteiger partial charge is 0.756 e. The fourth-order valence-electron chi connectivity index (χ4n) is 12.2. The minimum Gasteiger partial charge on any atom is -0.756 e. The standard InChI is InChI=1S/C88H160NO8P/c1-6-8-10-12-14-16-18-20-22-24-26-28-30-32-34-36-38-40-41-42-43-44-45-46-47-49-51-53-55-57-59-61-63-65-67-69-71-73-75-77-79-81-88(91)97-86(85-96-98(92,93)95-83-82-89(3,4)5)84-94-87(90)80-78-76-74-72-70-68-66-64-62-60-58-56-54-52-50-48-39-37-35-33-31-29-27-25-23-21-19-17-15-13-11-9-7-2/h8,10,14,16,20,22,25-28,32,34,38,40,42-43,86H,6-7,9,11-13,15,17-19,21,23-24,29-31,33,35-37,39,41,44-85H2,1-5H3/b10-8-,16-14-,22-20-,27-25-,28-26-,34-32-,40-38-,43-42-. The zero-order valence-corrected chi connectivity index (χ0v) is 66.1. The van der Waals surface area contributed by atoms with Gasteiger partial charge in [0.2, 0.25) is 0 Å². The quantitative estimate of drug-likeness (QED) is 0.0195. The van der Waals surface area contributed by atoms with Crippen molar-refractivity contribution in [2.45, 2.75) is 405 Å². The van der Waals surface area contributed by atoms with Gasteiger partial charge < -0.3 is 27.9 Å². The molecule has 0 bridgehead atoms. The first kappa shape index (κ1) is 94.9. The number of phosphoric ester groups is 1. The van der Waals surface area contributed by atoms with Crippen LogP contribution in [0.2, 0.25) is 0 Å². The highest BCUT2D eigenvalue weighted by Crippen LogP contribution is 2.38. The Kier molecular flexibility index (Phi) is 75.6. The lowest BCUT2D eigenvalue weighted by Crippen LogP contribution is -2.37. The second kappa shape index (κ2) is 78.1. The van der Waals surface area contributed by atoms with Gasteiger partial charge in [0.25, 0.3) is 7.82 Å². The van der Waals surface area contributed by atoms with Crippen LogP contribution < -0.4 is 4.89 Å². The van der Waals surface area contributed by atoms with Gasteiger partial charge in [0.05, 0.1) is 27.7 Å². The summed E-state index contributed by atoms with van der Waals surface area (Å²) in [5.74, 6) is -0.814. The number of nitrogens with zero attached hydrogens (tertiary/aromatic N) is 1. The lowest BCUT2D eigenvalue weighted by Gasteiger charge is -2.28. The molecule has 9 nitrogen and oxygen atoms in total. The summed E-state index contributed by atoms with van der Waals surface area (Å²) in [4.78, 5) is 38.2. The van der Waals surface area contributed by atoms with E-state index in [0.29, 0.717) is 17.4 Å². The van der Waals surface area contributed by atoms with Crippen LogP contribution in [0.3, 0.4) is 0 Å². The maximum Gasteiger partial charge on any atom is 0.306 e. The molecule has 10 heteroatoms. The van der Waals surface area contributed by atoms with Crippen molar-refractivity contribution < 1.29 is 42.1 Å². The number of carbonyl (C=O) groups is 2. The molecule has 0 N–H and O–H groups in total. The van der Waals surface area contributed by atoms with Crippen LogP contribution in [0.5, 0.6) is 0 Å². The van der Waals surface area contributed by atoms with Crippen LogP contribution in [0.15, 0.2) is 97.2 Å². The first-order valence-electron chi connectivity index (χ1n) is 41.9. The van der Waals surface area contributed by atoms with Gasteiger partial charge in [-0.1, -0.05) is 387 Å². The Morgan fingerprint density at radius 3 is 0.878 bits per heavy atom. The summed E-state index contributed by atoms with van der Waals surface area (Å²) in [5.41, 5.74) is 0. The molecule has 0 amide bonds. The third-order valence-electron chi connectivity index (χ3n) is 18.6. The fraction of sp³-hybridized carbons (Fsp3) is 0.795. The number of phosphoric acid groups is 1. The number of likely N-dealkylation sites (N-methyl/N-ethyl adjacent to an activating group) is 1. The number of hydrogen-bond donors (Lipinski definition) is 0. The van der Waals surface area contributed by atoms with E-state index in [1.54, 1.807) is 0 Å². The zero-order chi connectivity index (χ0) is 71.1. The summed E-state index contributed by atoms with van der Waals surface area (Å²) in [5, 5.41) is 0. The topological polar surface area (TPSA) is 111 Å². The van der Waals surface area contributed by atoms with E-state index in [1.807, 2.05) is 21.1 Å². The SMILES string of the molecule is CC/C=C\C/C=C\C/C=C\C/C=C\C/C=C\C/C=C\C/C=C\CCCCCCCCCCCCCCCCCCCCCC(=O)OC(COC(=O)CCCCCCCCCCCCCCCCCCCCCCC/C=C\CCCCCCCCCC)COP(=O)([O-])OCC[N+](C)(C)C. The van der Waals surface area contributed by atoms with E-state index < -0.39 is 26.5 Å². The smallest absolute Gasteiger partial charge is 0.306 e. The Bertz CT molecular complexity index is 1980. The number of quaternary nitrogens is 1. The number of allylic oxidation sites excluding steroid dienone is 16. The average molecular weight is 1390 g/mol. The van der Waals surface area contributed by atoms with Crippen molar-refractivity contribution in [2.75, 3.05) is 47.5 Å². The number of rotatable bonds is 78. The van der Waals surface area contributed by atoms with Crippen molar-refractivity contribution in [1.82, 2.24) is 0 Å². The van der Waals surface area contributed by atoms with Crippen LogP contribution >= 0.6 is 7.82 Å². The normalized spacial score (nSPS) is 13.5. The highest BCUT2D eigenvalue weighted by Gasteiger charge is 2.22. The van der Waals surface area contributed by atoms with Gasteiger partial charge in [-0.2, -0.15) is 0 Å². The maximum absolute atomic E-state index is 12.9. The Morgan fingerprint density at radius 2 is 0.582 bits per heavy atom. The molecule has 0 aliphatic heterocycles. The van der Waals surface area contributed by atoms with Gasteiger partial charge in [-0.3, -0.25) is 14.2 Å². The monoisotopic (exact) mass is 1390 g/mol. The number of esters is 2. The van der Waals surface area contributed by atoms with E-state index in [0.717, 1.165) is 83.5 Å². The Morgan fingerprint density at radius 1 is 0.327 bits per heavy atom. The van der Waals surface area contributed by atoms with E-state index in [4.69, 9.17) is 18.5 Å². The molecule has 0 heterocycles. The second-order valence-electron chi connectivity index (χ2n) is 29.5. The average Bonchev–Trinajstić information content (AvgIpc) is 1.08. The third-order valence-corrected chi connectivity index (χ3v) is 19.6. The van der Waals surface area contributed by atoms with Gasteiger partial charge in [0.1, 0.15) is 19.8 Å². The zero-order valence-electron chi connectivity index (χ0n) is 65.2. The molecule has 2 unspecified atom stereocenters. The summed E-state index contributed by atoms with van der Waals surface area (Å²) in [6.07, 6.45) is 110. The molecule has 0 aromatic rings. The lowest BCUT2D eigenvalue weighted by molar-refractivity contribution is -0.870. The summed E-state index contributed by atoms with van der Waals surface area (Å²) in [7, 11) is 1.18. The highest BCUT2D eigenvalue weighted by molar-refractivity contribution is 7.45. The molecular formula is C88H160NO8P. The molecule has 0 aliphatic carbocycles. The van der Waals surface area contributed by atoms with Crippen molar-refractivity contribution in [1.29, 1.82) is 0 Å². The predicted molar refractivity (Wildman–Crippen MR) is 425 cm³/mol. The molecule has 0 rings (SSSR count). The molecule has 0 saturated heterocycles. The lowest BCUT2D eigenvalue weighted by atomic mass is 10.0. The number of hydrogen-bond acceptors (Lipinski definition) is 8. The van der Waals surface area contributed by atoms with E-state index in [1.165, 1.54) is 283 Å². The maximum atomic E-state index is 12.9. The van der Waals surface area contributed by atoms with Crippen molar-refractivity contribution >= 4 is 19.8 Å². The molecule has 98 heavy (non-hydrogen) atoms. The minimum absolute atomic E-state index is 0.0303. The minimum atomic E-state index is -4.65. The molecule has 0 fully saturated rings. The molecule has 570 valence electrons. The van der Waals surface area contributed by atoms with Crippen molar-refractivity contribution in [2.24, 2.45) is 0 Å². The first-order chi connectivity index (χ1) is 48.0. The van der Waals surface area contributed by atoms with Gasteiger partial charge in [-0.15, -0.1) is 0 Å². The fourth-order valence-corrected chi connectivity index (χ4v) is 13.0. The van der Waals surface area contributed by atoms with Gasteiger partial charge in [-0.25, -0.2) is 0 Å². The van der Waals surface area contributed by atoms with Gasteiger partial charge in [-0.05, 0) is 96.3 Å².